The molecular weight excluding hydrogens is 250 g/mol. The zero-order valence-corrected chi connectivity index (χ0v) is 12.0. The maximum absolute atomic E-state index is 12.3. The number of amides is 1. The van der Waals surface area contributed by atoms with Gasteiger partial charge in [-0.2, -0.15) is 0 Å². The van der Waals surface area contributed by atoms with Gasteiger partial charge in [-0.25, -0.2) is 0 Å². The first-order valence-electron chi connectivity index (χ1n) is 6.60. The lowest BCUT2D eigenvalue weighted by atomic mass is 10.0. The number of hydrogen-bond donors (Lipinski definition) is 2. The van der Waals surface area contributed by atoms with Gasteiger partial charge in [0.1, 0.15) is 0 Å². The Balaban J connectivity index is 2.27. The van der Waals surface area contributed by atoms with Crippen LogP contribution in [0.5, 0.6) is 0 Å². The smallest absolute Gasteiger partial charge is 0.255 e. The molecule has 3 heteroatoms. The quantitative estimate of drug-likeness (QED) is 0.897. The summed E-state index contributed by atoms with van der Waals surface area (Å²) in [5.41, 5.74) is 5.26. The number of aliphatic hydroxyl groups is 1. The molecule has 0 unspecified atom stereocenters. The van der Waals surface area contributed by atoms with Crippen LogP contribution in [-0.4, -0.2) is 11.0 Å². The first-order chi connectivity index (χ1) is 9.51. The molecule has 0 spiro atoms. The number of anilines is 1. The molecule has 1 amide bonds. The van der Waals surface area contributed by atoms with E-state index in [1.807, 2.05) is 51.1 Å². The Bertz CT molecular complexity index is 647. The first kappa shape index (κ1) is 14.3. The maximum atomic E-state index is 12.3. The third-order valence-electron chi connectivity index (χ3n) is 3.36. The lowest BCUT2D eigenvalue weighted by Crippen LogP contribution is -2.14. The Morgan fingerprint density at radius 1 is 1.05 bits per heavy atom. The molecule has 2 rings (SSSR count). The van der Waals surface area contributed by atoms with Gasteiger partial charge in [-0.3, -0.25) is 4.79 Å². The minimum Gasteiger partial charge on any atom is -0.392 e. The number of nitrogens with one attached hydrogen (secondary N) is 1. The van der Waals surface area contributed by atoms with E-state index in [4.69, 9.17) is 5.11 Å². The molecule has 2 aromatic rings. The Kier molecular flexibility index (Phi) is 4.20. The second-order valence-electron chi connectivity index (χ2n) is 5.08. The number of rotatable bonds is 3. The molecule has 0 saturated carbocycles. The zero-order chi connectivity index (χ0) is 14.7. The summed E-state index contributed by atoms with van der Waals surface area (Å²) in [4.78, 5) is 12.3. The van der Waals surface area contributed by atoms with Crippen molar-refractivity contribution in [3.05, 3.63) is 64.2 Å². The summed E-state index contributed by atoms with van der Waals surface area (Å²) in [7, 11) is 0. The third-order valence-corrected chi connectivity index (χ3v) is 3.36. The minimum absolute atomic E-state index is 0.0350. The summed E-state index contributed by atoms with van der Waals surface area (Å²) in [6.07, 6.45) is 0. The number of aryl methyl sites for hydroxylation is 3. The average Bonchev–Trinajstić information content (AvgIpc) is 2.41. The first-order valence-corrected chi connectivity index (χ1v) is 6.60. The van der Waals surface area contributed by atoms with Gasteiger partial charge in [0.2, 0.25) is 0 Å². The van der Waals surface area contributed by atoms with Crippen LogP contribution >= 0.6 is 0 Å². The number of carbonyl (C=O) groups is 1. The van der Waals surface area contributed by atoms with E-state index in [1.54, 1.807) is 6.07 Å². The van der Waals surface area contributed by atoms with Gasteiger partial charge in [0.05, 0.1) is 6.61 Å². The molecule has 104 valence electrons. The van der Waals surface area contributed by atoms with Crippen LogP contribution in [0.4, 0.5) is 5.69 Å². The van der Waals surface area contributed by atoms with Crippen molar-refractivity contribution in [2.24, 2.45) is 0 Å². The zero-order valence-electron chi connectivity index (χ0n) is 12.0. The van der Waals surface area contributed by atoms with Gasteiger partial charge >= 0.3 is 0 Å². The predicted molar refractivity (Wildman–Crippen MR) is 81.0 cm³/mol. The molecule has 0 fully saturated rings. The highest BCUT2D eigenvalue weighted by atomic mass is 16.3. The van der Waals surface area contributed by atoms with Gasteiger partial charge in [-0.1, -0.05) is 29.8 Å². The van der Waals surface area contributed by atoms with Crippen molar-refractivity contribution in [3.8, 4) is 0 Å². The van der Waals surface area contributed by atoms with E-state index >= 15 is 0 Å². The predicted octanol–water partition coefficient (Wildman–Crippen LogP) is 3.36. The summed E-state index contributed by atoms with van der Waals surface area (Å²) in [6, 6.07) is 11.3. The Morgan fingerprint density at radius 2 is 1.80 bits per heavy atom. The molecule has 0 aliphatic rings. The second kappa shape index (κ2) is 5.88. The minimum atomic E-state index is -0.124. The number of hydrogen-bond acceptors (Lipinski definition) is 2. The maximum Gasteiger partial charge on any atom is 0.255 e. The molecule has 2 N–H and O–H groups in total. The van der Waals surface area contributed by atoms with Gasteiger partial charge in [0, 0.05) is 11.3 Å². The topological polar surface area (TPSA) is 49.3 Å². The van der Waals surface area contributed by atoms with E-state index in [2.05, 4.69) is 5.32 Å². The Hall–Kier alpha value is -2.13. The molecule has 20 heavy (non-hydrogen) atoms. The summed E-state index contributed by atoms with van der Waals surface area (Å²) in [5.74, 6) is -0.124. The van der Waals surface area contributed by atoms with Crippen LogP contribution in [-0.2, 0) is 6.61 Å². The molecule has 0 aromatic heterocycles. The normalized spacial score (nSPS) is 10.4. The molecule has 3 nitrogen and oxygen atoms in total. The SMILES string of the molecule is Cc1ccc(C(=O)Nc2cc(CO)ccc2C)c(C)c1. The third kappa shape index (κ3) is 3.06. The van der Waals surface area contributed by atoms with E-state index in [0.717, 1.165) is 27.9 Å². The fourth-order valence-electron chi connectivity index (χ4n) is 2.16. The van der Waals surface area contributed by atoms with Crippen molar-refractivity contribution in [1.29, 1.82) is 0 Å². The molecule has 0 radical (unpaired) electrons. The standard InChI is InChI=1S/C17H19NO2/c1-11-4-7-15(13(3)8-11)17(20)18-16-9-14(10-19)6-5-12(16)2/h4-9,19H,10H2,1-3H3,(H,18,20). The highest BCUT2D eigenvalue weighted by Gasteiger charge is 2.10. The van der Waals surface area contributed by atoms with Crippen LogP contribution < -0.4 is 5.32 Å². The number of benzene rings is 2. The molecule has 0 heterocycles. The number of aliphatic hydroxyl groups excluding tert-OH is 1. The summed E-state index contributed by atoms with van der Waals surface area (Å²) < 4.78 is 0. The van der Waals surface area contributed by atoms with Crippen molar-refractivity contribution in [2.45, 2.75) is 27.4 Å². The van der Waals surface area contributed by atoms with Gasteiger partial charge in [-0.05, 0) is 49.6 Å². The number of carbonyl (C=O) groups excluding carboxylic acids is 1. The van der Waals surface area contributed by atoms with Gasteiger partial charge < -0.3 is 10.4 Å². The van der Waals surface area contributed by atoms with E-state index < -0.39 is 0 Å². The fraction of sp³-hybridized carbons (Fsp3) is 0.235. The lowest BCUT2D eigenvalue weighted by Gasteiger charge is -2.11. The van der Waals surface area contributed by atoms with E-state index in [9.17, 15) is 4.79 Å². The fourth-order valence-corrected chi connectivity index (χ4v) is 2.16. The van der Waals surface area contributed by atoms with Gasteiger partial charge in [0.15, 0.2) is 0 Å². The summed E-state index contributed by atoms with van der Waals surface area (Å²) in [6.45, 7) is 5.83. The van der Waals surface area contributed by atoms with Crippen molar-refractivity contribution in [1.82, 2.24) is 0 Å². The monoisotopic (exact) mass is 269 g/mol. The molecule has 0 atom stereocenters. The highest BCUT2D eigenvalue weighted by molar-refractivity contribution is 6.05. The van der Waals surface area contributed by atoms with E-state index in [0.29, 0.717) is 5.56 Å². The largest absolute Gasteiger partial charge is 0.392 e. The van der Waals surface area contributed by atoms with Gasteiger partial charge in [-0.15, -0.1) is 0 Å². The van der Waals surface area contributed by atoms with Crippen LogP contribution in [0.3, 0.4) is 0 Å². The van der Waals surface area contributed by atoms with Crippen LogP contribution in [0.2, 0.25) is 0 Å². The van der Waals surface area contributed by atoms with Crippen LogP contribution in [0.15, 0.2) is 36.4 Å². The van der Waals surface area contributed by atoms with Crippen LogP contribution in [0.1, 0.15) is 32.6 Å². The Labute approximate surface area is 119 Å². The van der Waals surface area contributed by atoms with Crippen molar-refractivity contribution in [3.63, 3.8) is 0 Å². The van der Waals surface area contributed by atoms with Crippen LogP contribution in [0, 0.1) is 20.8 Å². The van der Waals surface area contributed by atoms with Gasteiger partial charge in [0.25, 0.3) is 5.91 Å². The second-order valence-corrected chi connectivity index (χ2v) is 5.08. The molecule has 0 aliphatic carbocycles. The average molecular weight is 269 g/mol. The Morgan fingerprint density at radius 3 is 2.45 bits per heavy atom. The van der Waals surface area contributed by atoms with Crippen molar-refractivity contribution in [2.75, 3.05) is 5.32 Å². The lowest BCUT2D eigenvalue weighted by molar-refractivity contribution is 0.102. The highest BCUT2D eigenvalue weighted by Crippen LogP contribution is 2.19. The summed E-state index contributed by atoms with van der Waals surface area (Å²) in [5, 5.41) is 12.1. The van der Waals surface area contributed by atoms with Crippen molar-refractivity contribution < 1.29 is 9.90 Å². The molecular formula is C17H19NO2. The molecule has 0 saturated heterocycles. The molecule has 0 bridgehead atoms. The van der Waals surface area contributed by atoms with Crippen molar-refractivity contribution >= 4 is 11.6 Å². The summed E-state index contributed by atoms with van der Waals surface area (Å²) >= 11 is 0. The van der Waals surface area contributed by atoms with Crippen LogP contribution in [0.25, 0.3) is 0 Å². The molecule has 2 aromatic carbocycles. The van der Waals surface area contributed by atoms with E-state index in [-0.39, 0.29) is 12.5 Å². The van der Waals surface area contributed by atoms with E-state index in [1.165, 1.54) is 0 Å². The molecule has 0 aliphatic heterocycles.